The van der Waals surface area contributed by atoms with Crippen LogP contribution < -0.4 is 4.90 Å². The molecule has 2 heterocycles. The van der Waals surface area contributed by atoms with E-state index in [4.69, 9.17) is 11.6 Å². The maximum Gasteiger partial charge on any atom is 0.229 e. The third kappa shape index (κ3) is 1.57. The zero-order valence-electron chi connectivity index (χ0n) is 7.28. The Kier molecular flexibility index (Phi) is 2.37. The van der Waals surface area contributed by atoms with Gasteiger partial charge < -0.3 is 0 Å². The van der Waals surface area contributed by atoms with Crippen LogP contribution in [0.1, 0.15) is 6.42 Å². The molecule has 1 amide bonds. The molecule has 2 rings (SSSR count). The van der Waals surface area contributed by atoms with Crippen LogP contribution in [0.2, 0.25) is 0 Å². The topological polar surface area (TPSA) is 33.2 Å². The second-order valence-electron chi connectivity index (χ2n) is 3.11. The van der Waals surface area contributed by atoms with Crippen molar-refractivity contribution in [2.45, 2.75) is 11.8 Å². The largest absolute Gasteiger partial charge is 0.293 e. The van der Waals surface area contributed by atoms with E-state index in [0.717, 1.165) is 0 Å². The van der Waals surface area contributed by atoms with Gasteiger partial charge in [0.15, 0.2) is 11.6 Å². The molecular formula is C9H8ClFN2O. The quantitative estimate of drug-likeness (QED) is 0.665. The van der Waals surface area contributed by atoms with E-state index < -0.39 is 5.82 Å². The van der Waals surface area contributed by atoms with Gasteiger partial charge in [-0.05, 0) is 12.1 Å². The normalized spacial score (nSPS) is 21.7. The van der Waals surface area contributed by atoms with Crippen molar-refractivity contribution in [3.05, 3.63) is 24.1 Å². The van der Waals surface area contributed by atoms with Crippen LogP contribution in [-0.4, -0.2) is 22.8 Å². The van der Waals surface area contributed by atoms with Gasteiger partial charge in [-0.15, -0.1) is 11.6 Å². The number of amides is 1. The number of nitrogens with zero attached hydrogens (tertiary/aromatic N) is 2. The summed E-state index contributed by atoms with van der Waals surface area (Å²) in [6.45, 7) is 0.328. The minimum atomic E-state index is -0.494. The predicted octanol–water partition coefficient (Wildman–Crippen LogP) is 1.56. The molecule has 1 unspecified atom stereocenters. The zero-order valence-corrected chi connectivity index (χ0v) is 8.04. The highest BCUT2D eigenvalue weighted by Crippen LogP contribution is 2.24. The van der Waals surface area contributed by atoms with E-state index in [-0.39, 0.29) is 23.5 Å². The fraction of sp³-hybridized carbons (Fsp3) is 0.333. The lowest BCUT2D eigenvalue weighted by Gasteiger charge is -2.14. The van der Waals surface area contributed by atoms with Crippen molar-refractivity contribution in [1.82, 2.24) is 4.98 Å². The number of carbonyl (C=O) groups is 1. The van der Waals surface area contributed by atoms with Crippen LogP contribution in [0.15, 0.2) is 18.3 Å². The number of rotatable bonds is 1. The second kappa shape index (κ2) is 3.53. The Hall–Kier alpha value is -1.16. The highest BCUT2D eigenvalue weighted by molar-refractivity contribution is 6.24. The fourth-order valence-corrected chi connectivity index (χ4v) is 1.71. The Bertz CT molecular complexity index is 372. The van der Waals surface area contributed by atoms with Gasteiger partial charge in [-0.1, -0.05) is 0 Å². The molecule has 0 N–H and O–H groups in total. The summed E-state index contributed by atoms with van der Waals surface area (Å²) in [6.07, 6.45) is 1.70. The molecule has 3 nitrogen and oxygen atoms in total. The molecule has 1 fully saturated rings. The summed E-state index contributed by atoms with van der Waals surface area (Å²) < 4.78 is 13.2. The number of alkyl halides is 1. The lowest BCUT2D eigenvalue weighted by Crippen LogP contribution is -2.26. The van der Waals surface area contributed by atoms with Crippen molar-refractivity contribution >= 4 is 23.3 Å². The van der Waals surface area contributed by atoms with Crippen LogP contribution in [0.5, 0.6) is 0 Å². The van der Waals surface area contributed by atoms with Gasteiger partial charge in [-0.3, -0.25) is 9.69 Å². The van der Waals surface area contributed by atoms with Crippen molar-refractivity contribution in [3.8, 4) is 0 Å². The predicted molar refractivity (Wildman–Crippen MR) is 50.8 cm³/mol. The van der Waals surface area contributed by atoms with Gasteiger partial charge in [-0.25, -0.2) is 9.37 Å². The average molecular weight is 215 g/mol. The Labute approximate surface area is 85.5 Å². The molecular weight excluding hydrogens is 207 g/mol. The molecule has 1 aliphatic rings. The maximum atomic E-state index is 13.2. The number of aromatic nitrogens is 1. The fourth-order valence-electron chi connectivity index (χ4n) is 1.44. The van der Waals surface area contributed by atoms with Gasteiger partial charge in [0.25, 0.3) is 0 Å². The monoisotopic (exact) mass is 214 g/mol. The first-order valence-electron chi connectivity index (χ1n) is 4.23. The molecule has 5 heteroatoms. The Morgan fingerprint density at radius 2 is 2.43 bits per heavy atom. The smallest absolute Gasteiger partial charge is 0.229 e. The number of halogens is 2. The van der Waals surface area contributed by atoms with E-state index in [1.165, 1.54) is 23.2 Å². The minimum Gasteiger partial charge on any atom is -0.293 e. The molecule has 1 aromatic heterocycles. The van der Waals surface area contributed by atoms with Crippen molar-refractivity contribution in [2.75, 3.05) is 11.4 Å². The second-order valence-corrected chi connectivity index (χ2v) is 3.73. The zero-order chi connectivity index (χ0) is 10.1. The number of hydrogen-bond acceptors (Lipinski definition) is 2. The number of hydrogen-bond donors (Lipinski definition) is 0. The van der Waals surface area contributed by atoms with E-state index in [2.05, 4.69) is 4.98 Å². The minimum absolute atomic E-state index is 0.0700. The van der Waals surface area contributed by atoms with E-state index in [9.17, 15) is 9.18 Å². The molecule has 1 aromatic rings. The summed E-state index contributed by atoms with van der Waals surface area (Å²) in [6, 6.07) is 2.76. The van der Waals surface area contributed by atoms with E-state index in [1.807, 2.05) is 0 Å². The van der Waals surface area contributed by atoms with Crippen molar-refractivity contribution in [1.29, 1.82) is 0 Å². The summed E-state index contributed by atoms with van der Waals surface area (Å²) in [5, 5.41) is -0.246. The van der Waals surface area contributed by atoms with Crippen LogP contribution in [0.25, 0.3) is 0 Å². The summed E-state index contributed by atoms with van der Waals surface area (Å²) in [4.78, 5) is 16.5. The lowest BCUT2D eigenvalue weighted by atomic mass is 10.4. The summed E-state index contributed by atoms with van der Waals surface area (Å²) in [7, 11) is 0. The molecule has 0 saturated carbocycles. The van der Waals surface area contributed by atoms with Crippen molar-refractivity contribution in [2.24, 2.45) is 0 Å². The molecule has 0 bridgehead atoms. The maximum absolute atomic E-state index is 13.2. The first kappa shape index (κ1) is 9.40. The van der Waals surface area contributed by atoms with Gasteiger partial charge in [-0.2, -0.15) is 0 Å². The average Bonchev–Trinajstić information content (AvgIpc) is 2.46. The van der Waals surface area contributed by atoms with Crippen molar-refractivity contribution < 1.29 is 9.18 Å². The Morgan fingerprint density at radius 3 is 3.00 bits per heavy atom. The molecule has 1 atom stereocenters. The molecule has 14 heavy (non-hydrogen) atoms. The van der Waals surface area contributed by atoms with E-state index >= 15 is 0 Å². The van der Waals surface area contributed by atoms with Gasteiger partial charge in [0.1, 0.15) is 0 Å². The van der Waals surface area contributed by atoms with E-state index in [0.29, 0.717) is 6.54 Å². The van der Waals surface area contributed by atoms with E-state index in [1.54, 1.807) is 0 Å². The standard InChI is InChI=1S/C9H8ClFN2O/c10-6-4-8(14)13(5-6)9-7(11)2-1-3-12-9/h1-3,6H,4-5H2. The summed E-state index contributed by atoms with van der Waals surface area (Å²) in [5.74, 6) is -0.602. The molecule has 1 aliphatic heterocycles. The molecule has 1 saturated heterocycles. The Balaban J connectivity index is 2.32. The highest BCUT2D eigenvalue weighted by Gasteiger charge is 2.31. The first-order valence-corrected chi connectivity index (χ1v) is 4.67. The number of anilines is 1. The molecule has 0 spiro atoms. The van der Waals surface area contributed by atoms with Crippen LogP contribution in [0, 0.1) is 5.82 Å². The summed E-state index contributed by atoms with van der Waals surface area (Å²) >= 11 is 5.79. The first-order chi connectivity index (χ1) is 6.68. The van der Waals surface area contributed by atoms with Crippen LogP contribution in [-0.2, 0) is 4.79 Å². The van der Waals surface area contributed by atoms with Crippen LogP contribution in [0.4, 0.5) is 10.2 Å². The molecule has 0 aliphatic carbocycles. The molecule has 74 valence electrons. The molecule has 0 radical (unpaired) electrons. The van der Waals surface area contributed by atoms with Crippen LogP contribution in [0.3, 0.4) is 0 Å². The van der Waals surface area contributed by atoms with Gasteiger partial charge >= 0.3 is 0 Å². The number of pyridine rings is 1. The SMILES string of the molecule is O=C1CC(Cl)CN1c1ncccc1F. The third-order valence-corrected chi connectivity index (χ3v) is 2.36. The third-order valence-electron chi connectivity index (χ3n) is 2.07. The molecule has 0 aromatic carbocycles. The van der Waals surface area contributed by atoms with Gasteiger partial charge in [0, 0.05) is 19.2 Å². The number of carbonyl (C=O) groups excluding carboxylic acids is 1. The lowest BCUT2D eigenvalue weighted by molar-refractivity contribution is -0.117. The Morgan fingerprint density at radius 1 is 1.64 bits per heavy atom. The summed E-state index contributed by atoms with van der Waals surface area (Å²) in [5.41, 5.74) is 0. The van der Waals surface area contributed by atoms with Gasteiger partial charge in [0.05, 0.1) is 5.38 Å². The highest BCUT2D eigenvalue weighted by atomic mass is 35.5. The van der Waals surface area contributed by atoms with Crippen LogP contribution >= 0.6 is 11.6 Å². The van der Waals surface area contributed by atoms with Gasteiger partial charge in [0.2, 0.25) is 5.91 Å². The van der Waals surface area contributed by atoms with Crippen molar-refractivity contribution in [3.63, 3.8) is 0 Å².